The summed E-state index contributed by atoms with van der Waals surface area (Å²) in [6.07, 6.45) is -6.08. The van der Waals surface area contributed by atoms with Crippen molar-refractivity contribution in [2.24, 2.45) is 0 Å². The van der Waals surface area contributed by atoms with Gasteiger partial charge < -0.3 is 34.6 Å². The van der Waals surface area contributed by atoms with Gasteiger partial charge in [-0.3, -0.25) is 0 Å². The Morgan fingerprint density at radius 1 is 1.14 bits per heavy atom. The van der Waals surface area contributed by atoms with E-state index in [0.29, 0.717) is 0 Å². The molecular weight excluding hydrogens is 296 g/mol. The van der Waals surface area contributed by atoms with E-state index in [-0.39, 0.29) is 17.1 Å². The normalized spacial score (nSPS) is 31.6. The lowest BCUT2D eigenvalue weighted by Crippen LogP contribution is -2.58. The summed E-state index contributed by atoms with van der Waals surface area (Å²) in [5.41, 5.74) is 0.0122. The van der Waals surface area contributed by atoms with E-state index in [9.17, 15) is 20.1 Å². The minimum absolute atomic E-state index is 0.0122. The summed E-state index contributed by atoms with van der Waals surface area (Å²) in [5, 5.41) is 38.2. The van der Waals surface area contributed by atoms with E-state index < -0.39 is 36.7 Å². The second-order valence-electron chi connectivity index (χ2n) is 4.97. The first-order valence-electron chi connectivity index (χ1n) is 6.62. The highest BCUT2D eigenvalue weighted by molar-refractivity contribution is 5.88. The first-order valence-corrected chi connectivity index (χ1v) is 6.62. The number of hydrogen-bond donors (Lipinski definition) is 4. The van der Waals surface area contributed by atoms with Crippen LogP contribution in [0, 0.1) is 0 Å². The Morgan fingerprint density at radius 3 is 2.41 bits per heavy atom. The van der Waals surface area contributed by atoms with Gasteiger partial charge in [-0.25, -0.2) is 4.79 Å². The number of rotatable bonds is 4. The van der Waals surface area contributed by atoms with Gasteiger partial charge in [-0.15, -0.1) is 0 Å². The fraction of sp³-hybridized carbons (Fsp3) is 0.500. The van der Waals surface area contributed by atoms with Crippen molar-refractivity contribution < 1.29 is 39.4 Å². The molecule has 1 fully saturated rings. The molecule has 1 aromatic carbocycles. The molecule has 1 aliphatic heterocycles. The van der Waals surface area contributed by atoms with Crippen molar-refractivity contribution in [3.8, 4) is 11.5 Å². The number of aromatic carboxylic acids is 1. The lowest BCUT2D eigenvalue weighted by molar-refractivity contribution is -0.268. The number of carbonyl (C=O) groups is 1. The zero-order valence-electron chi connectivity index (χ0n) is 12.0. The van der Waals surface area contributed by atoms with Crippen LogP contribution in [-0.4, -0.2) is 64.2 Å². The average molecular weight is 314 g/mol. The molecule has 1 aliphatic rings. The molecule has 22 heavy (non-hydrogen) atoms. The lowest BCUT2D eigenvalue weighted by Gasteiger charge is -2.39. The maximum Gasteiger partial charge on any atom is 0.335 e. The van der Waals surface area contributed by atoms with Gasteiger partial charge in [0.05, 0.1) is 18.8 Å². The largest absolute Gasteiger partial charge is 0.493 e. The van der Waals surface area contributed by atoms with Gasteiger partial charge in [0.2, 0.25) is 6.29 Å². The van der Waals surface area contributed by atoms with Gasteiger partial charge in [0, 0.05) is 0 Å². The highest BCUT2D eigenvalue weighted by Gasteiger charge is 2.43. The highest BCUT2D eigenvalue weighted by atomic mass is 16.7. The summed E-state index contributed by atoms with van der Waals surface area (Å²) < 4.78 is 15.8. The maximum absolute atomic E-state index is 10.9. The predicted molar refractivity (Wildman–Crippen MR) is 72.9 cm³/mol. The lowest BCUT2D eigenvalue weighted by atomic mass is 10.00. The van der Waals surface area contributed by atoms with Gasteiger partial charge >= 0.3 is 5.97 Å². The molecule has 0 amide bonds. The van der Waals surface area contributed by atoms with Gasteiger partial charge in [-0.2, -0.15) is 0 Å². The van der Waals surface area contributed by atoms with E-state index in [2.05, 4.69) is 0 Å². The molecule has 2 rings (SSSR count). The van der Waals surface area contributed by atoms with E-state index in [0.717, 1.165) is 0 Å². The highest BCUT2D eigenvalue weighted by Crippen LogP contribution is 2.31. The van der Waals surface area contributed by atoms with Crippen molar-refractivity contribution in [2.45, 2.75) is 37.6 Å². The molecule has 0 bridgehead atoms. The van der Waals surface area contributed by atoms with E-state index in [1.54, 1.807) is 0 Å². The summed E-state index contributed by atoms with van der Waals surface area (Å²) in [7, 11) is 1.34. The Kier molecular flexibility index (Phi) is 4.87. The molecule has 0 radical (unpaired) electrons. The quantitative estimate of drug-likeness (QED) is 0.591. The molecule has 0 saturated carbocycles. The number of carboxylic acid groups (broad SMARTS) is 1. The van der Waals surface area contributed by atoms with Gasteiger partial charge in [0.1, 0.15) is 18.3 Å². The first-order chi connectivity index (χ1) is 10.3. The SMILES string of the molecule is COc1cc(C(=O)O)ccc1O[C@@H]1O[C@@H](C)[C@H](O)[C@@H](O)[C@H]1O. The van der Waals surface area contributed by atoms with E-state index in [4.69, 9.17) is 19.3 Å². The van der Waals surface area contributed by atoms with Crippen LogP contribution in [0.4, 0.5) is 0 Å². The third kappa shape index (κ3) is 3.14. The summed E-state index contributed by atoms with van der Waals surface area (Å²) in [6.45, 7) is 1.53. The number of aliphatic hydroxyl groups excluding tert-OH is 3. The molecule has 0 aliphatic carbocycles. The van der Waals surface area contributed by atoms with E-state index >= 15 is 0 Å². The summed E-state index contributed by atoms with van der Waals surface area (Å²) in [4.78, 5) is 10.9. The van der Waals surface area contributed by atoms with Crippen LogP contribution in [0.2, 0.25) is 0 Å². The zero-order valence-corrected chi connectivity index (χ0v) is 12.0. The molecular formula is C14H18O8. The molecule has 0 aromatic heterocycles. The topological polar surface area (TPSA) is 126 Å². The van der Waals surface area contributed by atoms with Crippen molar-refractivity contribution in [3.63, 3.8) is 0 Å². The molecule has 1 saturated heterocycles. The van der Waals surface area contributed by atoms with Crippen molar-refractivity contribution in [1.82, 2.24) is 0 Å². The summed E-state index contributed by atoms with van der Waals surface area (Å²) in [6, 6.07) is 3.94. The van der Waals surface area contributed by atoms with Crippen LogP contribution in [0.3, 0.4) is 0 Å². The second-order valence-corrected chi connectivity index (χ2v) is 4.97. The number of methoxy groups -OCH3 is 1. The maximum atomic E-state index is 10.9. The van der Waals surface area contributed by atoms with Crippen LogP contribution in [-0.2, 0) is 4.74 Å². The Bertz CT molecular complexity index is 546. The number of aliphatic hydroxyl groups is 3. The van der Waals surface area contributed by atoms with Gasteiger partial charge in [-0.1, -0.05) is 0 Å². The van der Waals surface area contributed by atoms with Gasteiger partial charge in [0.25, 0.3) is 0 Å². The zero-order chi connectivity index (χ0) is 16.4. The van der Waals surface area contributed by atoms with Gasteiger partial charge in [-0.05, 0) is 25.1 Å². The summed E-state index contributed by atoms with van der Waals surface area (Å²) in [5.74, 6) is -0.831. The monoisotopic (exact) mass is 314 g/mol. The number of benzene rings is 1. The van der Waals surface area contributed by atoms with Crippen LogP contribution in [0.15, 0.2) is 18.2 Å². The molecule has 1 heterocycles. The third-order valence-corrected chi connectivity index (χ3v) is 3.46. The standard InChI is InChI=1S/C14H18O8/c1-6-10(15)11(16)12(17)14(21-6)22-8-4-3-7(13(18)19)5-9(8)20-2/h3-6,10-12,14-17H,1-2H3,(H,18,19)/t6-,10-,11+,12+,14-/m0/s1. The van der Waals surface area contributed by atoms with Crippen LogP contribution in [0.25, 0.3) is 0 Å². The average Bonchev–Trinajstić information content (AvgIpc) is 2.50. The third-order valence-electron chi connectivity index (χ3n) is 3.46. The molecule has 5 atom stereocenters. The molecule has 0 spiro atoms. The van der Waals surface area contributed by atoms with E-state index in [1.165, 1.54) is 32.2 Å². The van der Waals surface area contributed by atoms with Crippen molar-refractivity contribution in [1.29, 1.82) is 0 Å². The molecule has 0 unspecified atom stereocenters. The number of ether oxygens (including phenoxy) is 3. The fourth-order valence-corrected chi connectivity index (χ4v) is 2.13. The van der Waals surface area contributed by atoms with E-state index in [1.807, 2.05) is 0 Å². The van der Waals surface area contributed by atoms with Crippen molar-refractivity contribution in [3.05, 3.63) is 23.8 Å². The van der Waals surface area contributed by atoms with Crippen LogP contribution in [0.1, 0.15) is 17.3 Å². The molecule has 122 valence electrons. The second kappa shape index (κ2) is 6.49. The Balaban J connectivity index is 2.21. The molecule has 1 aromatic rings. The Morgan fingerprint density at radius 2 is 1.82 bits per heavy atom. The van der Waals surface area contributed by atoms with Gasteiger partial charge in [0.15, 0.2) is 11.5 Å². The number of hydrogen-bond acceptors (Lipinski definition) is 7. The minimum Gasteiger partial charge on any atom is -0.493 e. The number of carboxylic acids is 1. The van der Waals surface area contributed by atoms with Crippen LogP contribution < -0.4 is 9.47 Å². The minimum atomic E-state index is -1.46. The van der Waals surface area contributed by atoms with Crippen LogP contribution in [0.5, 0.6) is 11.5 Å². The predicted octanol–water partition coefficient (Wildman–Crippen LogP) is -0.400. The Hall–Kier alpha value is -1.87. The fourth-order valence-electron chi connectivity index (χ4n) is 2.13. The van der Waals surface area contributed by atoms with Crippen molar-refractivity contribution in [2.75, 3.05) is 7.11 Å². The Labute approximate surface area is 126 Å². The summed E-state index contributed by atoms with van der Waals surface area (Å²) >= 11 is 0. The molecule has 4 N–H and O–H groups in total. The van der Waals surface area contributed by atoms with Crippen LogP contribution >= 0.6 is 0 Å². The molecule has 8 nitrogen and oxygen atoms in total. The molecule has 8 heteroatoms. The first kappa shape index (κ1) is 16.5. The van der Waals surface area contributed by atoms with Crippen molar-refractivity contribution >= 4 is 5.97 Å². The smallest absolute Gasteiger partial charge is 0.335 e.